The van der Waals surface area contributed by atoms with Crippen molar-refractivity contribution in [3.63, 3.8) is 0 Å². The van der Waals surface area contributed by atoms with Crippen molar-refractivity contribution in [2.24, 2.45) is 5.41 Å². The fourth-order valence-corrected chi connectivity index (χ4v) is 4.47. The summed E-state index contributed by atoms with van der Waals surface area (Å²) in [5.74, 6) is 2.40. The topological polar surface area (TPSA) is 42.4 Å². The first kappa shape index (κ1) is 18.0. The van der Waals surface area contributed by atoms with E-state index in [9.17, 15) is 4.79 Å². The molecule has 2 aromatic rings. The zero-order valence-electron chi connectivity index (χ0n) is 16.5. The molecule has 27 heavy (non-hydrogen) atoms. The van der Waals surface area contributed by atoms with E-state index in [1.165, 1.54) is 5.56 Å². The quantitative estimate of drug-likeness (QED) is 0.796. The van der Waals surface area contributed by atoms with Crippen LogP contribution in [0.5, 0.6) is 5.75 Å². The summed E-state index contributed by atoms with van der Waals surface area (Å²) in [7, 11) is 1.67. The van der Waals surface area contributed by atoms with Gasteiger partial charge in [0.2, 0.25) is 0 Å². The number of pyridine rings is 1. The third-order valence-corrected chi connectivity index (χ3v) is 5.92. The van der Waals surface area contributed by atoms with Crippen LogP contribution in [0.25, 0.3) is 0 Å². The number of Topliss-reactive ketones (excluding diaryl/α,β-unsaturated/α-hetero) is 1. The van der Waals surface area contributed by atoms with E-state index in [1.54, 1.807) is 7.11 Å². The number of hydrogen-bond acceptors (Lipinski definition) is 4. The Kier molecular flexibility index (Phi) is 4.67. The van der Waals surface area contributed by atoms with Crippen LogP contribution >= 0.6 is 0 Å². The number of benzene rings is 1. The second kappa shape index (κ2) is 6.99. The van der Waals surface area contributed by atoms with E-state index in [2.05, 4.69) is 49.1 Å². The molecule has 0 radical (unpaired) electrons. The van der Waals surface area contributed by atoms with Gasteiger partial charge in [-0.25, -0.2) is 4.98 Å². The normalized spacial score (nSPS) is 19.7. The van der Waals surface area contributed by atoms with Gasteiger partial charge in [-0.1, -0.05) is 44.2 Å². The summed E-state index contributed by atoms with van der Waals surface area (Å²) < 4.78 is 5.62. The van der Waals surface area contributed by atoms with Crippen LogP contribution in [-0.2, 0) is 6.42 Å². The molecule has 1 fully saturated rings. The highest BCUT2D eigenvalue weighted by atomic mass is 16.5. The Morgan fingerprint density at radius 2 is 1.81 bits per heavy atom. The standard InChI is InChI=1S/C23H28N2O2/c1-23(2)14-19-18(20(26)15-23)13-21(27-3)22(24-19)25-11-9-17(10-12-25)16-7-5-4-6-8-16/h4-8,13,17H,9-12,14-15H2,1-3H3. The van der Waals surface area contributed by atoms with Gasteiger partial charge in [-0.2, -0.15) is 0 Å². The molecule has 1 aromatic heterocycles. The number of piperidine rings is 1. The number of rotatable bonds is 3. The minimum absolute atomic E-state index is 0.0246. The number of ether oxygens (including phenoxy) is 1. The maximum absolute atomic E-state index is 12.5. The molecule has 0 unspecified atom stereocenters. The van der Waals surface area contributed by atoms with Gasteiger partial charge < -0.3 is 9.64 Å². The Morgan fingerprint density at radius 1 is 1.11 bits per heavy atom. The van der Waals surface area contributed by atoms with E-state index in [0.29, 0.717) is 12.3 Å². The van der Waals surface area contributed by atoms with E-state index in [0.717, 1.165) is 55.2 Å². The van der Waals surface area contributed by atoms with Crippen molar-refractivity contribution in [3.8, 4) is 5.75 Å². The summed E-state index contributed by atoms with van der Waals surface area (Å²) in [5, 5.41) is 0. The van der Waals surface area contributed by atoms with Crippen molar-refractivity contribution in [2.45, 2.75) is 45.4 Å². The number of fused-ring (bicyclic) bond motifs is 1. The molecular formula is C23H28N2O2. The third kappa shape index (κ3) is 3.58. The zero-order valence-corrected chi connectivity index (χ0v) is 16.5. The number of nitrogens with zero attached hydrogens (tertiary/aromatic N) is 2. The lowest BCUT2D eigenvalue weighted by atomic mass is 9.75. The average Bonchev–Trinajstić information content (AvgIpc) is 2.67. The largest absolute Gasteiger partial charge is 0.493 e. The Morgan fingerprint density at radius 3 is 2.48 bits per heavy atom. The van der Waals surface area contributed by atoms with Gasteiger partial charge in [0.1, 0.15) is 0 Å². The van der Waals surface area contributed by atoms with Crippen LogP contribution < -0.4 is 9.64 Å². The Balaban J connectivity index is 1.58. The minimum atomic E-state index is -0.0246. The molecule has 0 amide bonds. The van der Waals surface area contributed by atoms with Crippen LogP contribution in [-0.4, -0.2) is 31.0 Å². The van der Waals surface area contributed by atoms with Crippen molar-refractivity contribution in [2.75, 3.05) is 25.1 Å². The summed E-state index contributed by atoms with van der Waals surface area (Å²) in [6.45, 7) is 6.20. The fraction of sp³-hybridized carbons (Fsp3) is 0.478. The number of carbonyl (C=O) groups excluding carboxylic acids is 1. The zero-order chi connectivity index (χ0) is 19.0. The van der Waals surface area contributed by atoms with Crippen LogP contribution in [0.1, 0.15) is 60.6 Å². The van der Waals surface area contributed by atoms with Crippen LogP contribution in [0.3, 0.4) is 0 Å². The molecule has 0 atom stereocenters. The smallest absolute Gasteiger partial charge is 0.171 e. The fourth-order valence-electron chi connectivity index (χ4n) is 4.47. The van der Waals surface area contributed by atoms with Crippen molar-refractivity contribution in [1.82, 2.24) is 4.98 Å². The summed E-state index contributed by atoms with van der Waals surface area (Å²) in [6, 6.07) is 12.7. The molecule has 0 saturated carbocycles. The number of anilines is 1. The second-order valence-corrected chi connectivity index (χ2v) is 8.62. The highest BCUT2D eigenvalue weighted by Crippen LogP contribution is 2.39. The molecule has 2 heterocycles. The van der Waals surface area contributed by atoms with Gasteiger partial charge in [-0.05, 0) is 42.2 Å². The van der Waals surface area contributed by atoms with Gasteiger partial charge in [0.15, 0.2) is 17.4 Å². The number of ketones is 1. The van der Waals surface area contributed by atoms with Gasteiger partial charge in [0.25, 0.3) is 0 Å². The van der Waals surface area contributed by atoms with Crippen molar-refractivity contribution >= 4 is 11.6 Å². The summed E-state index contributed by atoms with van der Waals surface area (Å²) in [6.07, 6.45) is 3.63. The SMILES string of the molecule is COc1cc2c(nc1N1CCC(c3ccccc3)CC1)CC(C)(C)CC2=O. The van der Waals surface area contributed by atoms with Crippen molar-refractivity contribution in [3.05, 3.63) is 53.2 Å². The first-order valence-electron chi connectivity index (χ1n) is 9.88. The number of aromatic nitrogens is 1. The second-order valence-electron chi connectivity index (χ2n) is 8.62. The molecule has 4 rings (SSSR count). The van der Waals surface area contributed by atoms with E-state index in [1.807, 2.05) is 6.07 Å². The lowest BCUT2D eigenvalue weighted by Crippen LogP contribution is -2.35. The van der Waals surface area contributed by atoms with E-state index in [4.69, 9.17) is 9.72 Å². The highest BCUT2D eigenvalue weighted by Gasteiger charge is 2.34. The predicted octanol–water partition coefficient (Wildman–Crippen LogP) is 4.63. The predicted molar refractivity (Wildman–Crippen MR) is 108 cm³/mol. The van der Waals surface area contributed by atoms with Crippen LogP contribution in [0, 0.1) is 5.41 Å². The maximum atomic E-state index is 12.5. The van der Waals surface area contributed by atoms with Crippen LogP contribution in [0.15, 0.2) is 36.4 Å². The molecule has 1 aliphatic heterocycles. The minimum Gasteiger partial charge on any atom is -0.493 e. The number of carbonyl (C=O) groups is 1. The van der Waals surface area contributed by atoms with Gasteiger partial charge in [0.05, 0.1) is 12.8 Å². The highest BCUT2D eigenvalue weighted by molar-refractivity contribution is 5.99. The molecule has 0 spiro atoms. The Labute approximate surface area is 161 Å². The Bertz CT molecular complexity index is 837. The molecule has 2 aliphatic rings. The number of methoxy groups -OCH3 is 1. The molecule has 0 bridgehead atoms. The lowest BCUT2D eigenvalue weighted by Gasteiger charge is -2.35. The molecule has 1 aromatic carbocycles. The molecule has 1 saturated heterocycles. The monoisotopic (exact) mass is 364 g/mol. The summed E-state index contributed by atoms with van der Waals surface area (Å²) in [5.41, 5.74) is 3.07. The first-order valence-corrected chi connectivity index (χ1v) is 9.88. The molecule has 0 N–H and O–H groups in total. The molecule has 4 heteroatoms. The van der Waals surface area contributed by atoms with Gasteiger partial charge in [0, 0.05) is 25.1 Å². The van der Waals surface area contributed by atoms with E-state index < -0.39 is 0 Å². The molecule has 4 nitrogen and oxygen atoms in total. The molecular weight excluding hydrogens is 336 g/mol. The maximum Gasteiger partial charge on any atom is 0.171 e. The average molecular weight is 364 g/mol. The summed E-state index contributed by atoms with van der Waals surface area (Å²) >= 11 is 0. The van der Waals surface area contributed by atoms with Gasteiger partial charge in [-0.3, -0.25) is 4.79 Å². The third-order valence-electron chi connectivity index (χ3n) is 5.92. The van der Waals surface area contributed by atoms with E-state index >= 15 is 0 Å². The molecule has 1 aliphatic carbocycles. The van der Waals surface area contributed by atoms with Crippen LogP contribution in [0.4, 0.5) is 5.82 Å². The van der Waals surface area contributed by atoms with Gasteiger partial charge >= 0.3 is 0 Å². The van der Waals surface area contributed by atoms with Crippen molar-refractivity contribution in [1.29, 1.82) is 0 Å². The number of hydrogen-bond donors (Lipinski definition) is 0. The molecule has 142 valence electrons. The van der Waals surface area contributed by atoms with Crippen molar-refractivity contribution < 1.29 is 9.53 Å². The Hall–Kier alpha value is -2.36. The van der Waals surface area contributed by atoms with Crippen LogP contribution in [0.2, 0.25) is 0 Å². The van der Waals surface area contributed by atoms with E-state index in [-0.39, 0.29) is 11.2 Å². The first-order chi connectivity index (χ1) is 13.0. The van der Waals surface area contributed by atoms with Gasteiger partial charge in [-0.15, -0.1) is 0 Å². The lowest BCUT2D eigenvalue weighted by molar-refractivity contribution is 0.0910. The summed E-state index contributed by atoms with van der Waals surface area (Å²) in [4.78, 5) is 19.8.